The van der Waals surface area contributed by atoms with Crippen molar-refractivity contribution >= 4 is 0 Å². The van der Waals surface area contributed by atoms with Gasteiger partial charge in [-0.1, -0.05) is 18.2 Å². The number of aliphatic hydroxyl groups is 1. The second-order valence-corrected chi connectivity index (χ2v) is 5.26. The van der Waals surface area contributed by atoms with Crippen LogP contribution in [0, 0.1) is 25.2 Å². The number of aryl methyl sites for hydroxylation is 2. The second kappa shape index (κ2) is 6.43. The van der Waals surface area contributed by atoms with Gasteiger partial charge in [0.2, 0.25) is 0 Å². The average Bonchev–Trinajstić information content (AvgIpc) is 2.45. The SMILES string of the molecule is Cc1ccc([C@@H](C)O)c(OCc2ccc(C#N)cc2C)c1. The molecule has 0 aromatic heterocycles. The predicted octanol–water partition coefficient (Wildman–Crippen LogP) is 3.81. The molecular weight excluding hydrogens is 262 g/mol. The molecule has 0 radical (unpaired) electrons. The molecule has 2 rings (SSSR count). The maximum Gasteiger partial charge on any atom is 0.125 e. The molecule has 21 heavy (non-hydrogen) atoms. The fourth-order valence-corrected chi connectivity index (χ4v) is 2.19. The molecule has 2 aromatic rings. The number of ether oxygens (including phenoxy) is 1. The first-order valence-electron chi connectivity index (χ1n) is 6.92. The van der Waals surface area contributed by atoms with Crippen molar-refractivity contribution in [1.29, 1.82) is 5.26 Å². The van der Waals surface area contributed by atoms with E-state index >= 15 is 0 Å². The average molecular weight is 281 g/mol. The van der Waals surface area contributed by atoms with Crippen molar-refractivity contribution in [3.63, 3.8) is 0 Å². The molecule has 0 aliphatic rings. The molecule has 3 heteroatoms. The Morgan fingerprint density at radius 1 is 1.19 bits per heavy atom. The highest BCUT2D eigenvalue weighted by molar-refractivity contribution is 5.40. The molecule has 0 fully saturated rings. The highest BCUT2D eigenvalue weighted by atomic mass is 16.5. The zero-order valence-electron chi connectivity index (χ0n) is 12.6. The van der Waals surface area contributed by atoms with E-state index in [1.807, 2.05) is 44.2 Å². The molecule has 0 aliphatic carbocycles. The molecule has 0 amide bonds. The molecule has 1 N–H and O–H groups in total. The third-order valence-corrected chi connectivity index (χ3v) is 3.47. The largest absolute Gasteiger partial charge is 0.489 e. The minimum atomic E-state index is -0.567. The van der Waals surface area contributed by atoms with E-state index in [0.29, 0.717) is 17.9 Å². The summed E-state index contributed by atoms with van der Waals surface area (Å²) < 4.78 is 5.88. The highest BCUT2D eigenvalue weighted by Crippen LogP contribution is 2.27. The number of aliphatic hydroxyl groups excluding tert-OH is 1. The lowest BCUT2D eigenvalue weighted by Crippen LogP contribution is -2.03. The summed E-state index contributed by atoms with van der Waals surface area (Å²) in [4.78, 5) is 0. The van der Waals surface area contributed by atoms with E-state index in [2.05, 4.69) is 6.07 Å². The molecule has 0 aliphatic heterocycles. The molecule has 0 spiro atoms. The van der Waals surface area contributed by atoms with Gasteiger partial charge in [0.25, 0.3) is 0 Å². The monoisotopic (exact) mass is 281 g/mol. The second-order valence-electron chi connectivity index (χ2n) is 5.26. The van der Waals surface area contributed by atoms with Crippen LogP contribution in [-0.2, 0) is 6.61 Å². The lowest BCUT2D eigenvalue weighted by Gasteiger charge is -2.15. The van der Waals surface area contributed by atoms with Gasteiger partial charge in [-0.25, -0.2) is 0 Å². The molecule has 0 bridgehead atoms. The van der Waals surface area contributed by atoms with Crippen LogP contribution < -0.4 is 4.74 Å². The predicted molar refractivity (Wildman–Crippen MR) is 82.0 cm³/mol. The van der Waals surface area contributed by atoms with Crippen molar-refractivity contribution in [2.75, 3.05) is 0 Å². The van der Waals surface area contributed by atoms with Crippen molar-refractivity contribution in [3.8, 4) is 11.8 Å². The highest BCUT2D eigenvalue weighted by Gasteiger charge is 2.10. The van der Waals surface area contributed by atoms with Gasteiger partial charge < -0.3 is 9.84 Å². The van der Waals surface area contributed by atoms with E-state index in [1.54, 1.807) is 13.0 Å². The maximum absolute atomic E-state index is 9.80. The third kappa shape index (κ3) is 3.62. The maximum atomic E-state index is 9.80. The lowest BCUT2D eigenvalue weighted by molar-refractivity contribution is 0.190. The number of rotatable bonds is 4. The summed E-state index contributed by atoms with van der Waals surface area (Å²) in [7, 11) is 0. The van der Waals surface area contributed by atoms with Crippen LogP contribution in [0.4, 0.5) is 0 Å². The van der Waals surface area contributed by atoms with E-state index in [0.717, 1.165) is 22.3 Å². The van der Waals surface area contributed by atoms with E-state index in [4.69, 9.17) is 10.00 Å². The van der Waals surface area contributed by atoms with Crippen molar-refractivity contribution in [3.05, 3.63) is 64.2 Å². The Morgan fingerprint density at radius 3 is 2.57 bits per heavy atom. The summed E-state index contributed by atoms with van der Waals surface area (Å²) >= 11 is 0. The van der Waals surface area contributed by atoms with Crippen LogP contribution in [0.2, 0.25) is 0 Å². The normalized spacial score (nSPS) is 11.8. The number of hydrogen-bond donors (Lipinski definition) is 1. The van der Waals surface area contributed by atoms with Crippen LogP contribution in [0.15, 0.2) is 36.4 Å². The summed E-state index contributed by atoms with van der Waals surface area (Å²) in [6.45, 7) is 6.10. The van der Waals surface area contributed by atoms with E-state index in [-0.39, 0.29) is 0 Å². The van der Waals surface area contributed by atoms with Crippen LogP contribution in [0.5, 0.6) is 5.75 Å². The first-order chi connectivity index (χ1) is 10.0. The van der Waals surface area contributed by atoms with Gasteiger partial charge >= 0.3 is 0 Å². The van der Waals surface area contributed by atoms with E-state index in [9.17, 15) is 5.11 Å². The Bertz CT molecular complexity index is 684. The van der Waals surface area contributed by atoms with Gasteiger partial charge in [-0.15, -0.1) is 0 Å². The minimum absolute atomic E-state index is 0.417. The number of benzene rings is 2. The first-order valence-corrected chi connectivity index (χ1v) is 6.92. The van der Waals surface area contributed by atoms with Gasteiger partial charge in [0.1, 0.15) is 12.4 Å². The van der Waals surface area contributed by atoms with Gasteiger partial charge in [0.15, 0.2) is 0 Å². The number of nitriles is 1. The van der Waals surface area contributed by atoms with Crippen molar-refractivity contribution in [2.24, 2.45) is 0 Å². The lowest BCUT2D eigenvalue weighted by atomic mass is 10.1. The Labute approximate surface area is 125 Å². The van der Waals surface area contributed by atoms with E-state index < -0.39 is 6.10 Å². The Balaban J connectivity index is 2.20. The first kappa shape index (κ1) is 15.1. The van der Waals surface area contributed by atoms with Crippen LogP contribution in [0.1, 0.15) is 40.8 Å². The van der Waals surface area contributed by atoms with Crippen LogP contribution in [-0.4, -0.2) is 5.11 Å². The fourth-order valence-electron chi connectivity index (χ4n) is 2.19. The van der Waals surface area contributed by atoms with Crippen LogP contribution >= 0.6 is 0 Å². The number of hydrogen-bond acceptors (Lipinski definition) is 3. The minimum Gasteiger partial charge on any atom is -0.489 e. The molecule has 108 valence electrons. The summed E-state index contributed by atoms with van der Waals surface area (Å²) in [6, 6.07) is 13.5. The summed E-state index contributed by atoms with van der Waals surface area (Å²) in [6.07, 6.45) is -0.567. The molecule has 0 unspecified atom stereocenters. The summed E-state index contributed by atoms with van der Waals surface area (Å²) in [5.74, 6) is 0.703. The topological polar surface area (TPSA) is 53.2 Å². The third-order valence-electron chi connectivity index (χ3n) is 3.47. The van der Waals surface area contributed by atoms with E-state index in [1.165, 1.54) is 0 Å². The smallest absolute Gasteiger partial charge is 0.125 e. The Hall–Kier alpha value is -2.31. The standard InChI is InChI=1S/C18H19NO2/c1-12-4-7-17(14(3)20)18(8-12)21-11-16-6-5-15(10-19)9-13(16)2/h4-9,14,20H,11H2,1-3H3/t14-/m1/s1. The summed E-state index contributed by atoms with van der Waals surface area (Å²) in [5.41, 5.74) is 4.58. The van der Waals surface area contributed by atoms with Crippen molar-refractivity contribution in [2.45, 2.75) is 33.5 Å². The van der Waals surface area contributed by atoms with Gasteiger partial charge in [-0.2, -0.15) is 5.26 Å². The zero-order chi connectivity index (χ0) is 15.4. The van der Waals surface area contributed by atoms with Gasteiger partial charge in [0, 0.05) is 5.56 Å². The zero-order valence-corrected chi connectivity index (χ0v) is 12.6. The van der Waals surface area contributed by atoms with Gasteiger partial charge in [-0.05, 0) is 55.7 Å². The molecule has 0 heterocycles. The van der Waals surface area contributed by atoms with Crippen LogP contribution in [0.3, 0.4) is 0 Å². The molecule has 0 saturated carbocycles. The van der Waals surface area contributed by atoms with Crippen molar-refractivity contribution < 1.29 is 9.84 Å². The molecule has 1 atom stereocenters. The Morgan fingerprint density at radius 2 is 1.95 bits per heavy atom. The quantitative estimate of drug-likeness (QED) is 0.927. The van der Waals surface area contributed by atoms with Gasteiger partial charge in [-0.3, -0.25) is 0 Å². The van der Waals surface area contributed by atoms with Gasteiger partial charge in [0.05, 0.1) is 17.7 Å². The summed E-state index contributed by atoms with van der Waals surface area (Å²) in [5, 5.41) is 18.7. The molecule has 3 nitrogen and oxygen atoms in total. The molecule has 2 aromatic carbocycles. The van der Waals surface area contributed by atoms with Crippen LogP contribution in [0.25, 0.3) is 0 Å². The Kier molecular flexibility index (Phi) is 4.62. The number of nitrogens with zero attached hydrogens (tertiary/aromatic N) is 1. The molecular formula is C18H19NO2. The molecule has 0 saturated heterocycles. The fraction of sp³-hybridized carbons (Fsp3) is 0.278. The van der Waals surface area contributed by atoms with Crippen molar-refractivity contribution in [1.82, 2.24) is 0 Å².